The van der Waals surface area contributed by atoms with E-state index in [4.69, 9.17) is 21.6 Å². The number of aryl methyl sites for hydroxylation is 2. The number of benzene rings is 2. The van der Waals surface area contributed by atoms with Gasteiger partial charge in [-0.05, 0) is 104 Å². The molecule has 7 nitrogen and oxygen atoms in total. The van der Waals surface area contributed by atoms with E-state index in [1.807, 2.05) is 26.1 Å². The van der Waals surface area contributed by atoms with E-state index in [2.05, 4.69) is 82.7 Å². The van der Waals surface area contributed by atoms with E-state index in [-0.39, 0.29) is 5.69 Å². The lowest BCUT2D eigenvalue weighted by Gasteiger charge is -2.23. The van der Waals surface area contributed by atoms with Crippen molar-refractivity contribution in [3.05, 3.63) is 135 Å². The van der Waals surface area contributed by atoms with E-state index in [0.29, 0.717) is 24.1 Å². The van der Waals surface area contributed by atoms with Crippen molar-refractivity contribution in [1.82, 2.24) is 19.9 Å². The molecule has 6 rings (SSSR count). The zero-order valence-electron chi connectivity index (χ0n) is 28.7. The van der Waals surface area contributed by atoms with E-state index in [1.165, 1.54) is 22.3 Å². The van der Waals surface area contributed by atoms with Crippen LogP contribution in [0.4, 0.5) is 0 Å². The molecule has 254 valence electrons. The lowest BCUT2D eigenvalue weighted by atomic mass is 9.95. The van der Waals surface area contributed by atoms with Crippen LogP contribution in [0.25, 0.3) is 22.5 Å². The first-order valence-electron chi connectivity index (χ1n) is 17.4. The summed E-state index contributed by atoms with van der Waals surface area (Å²) in [4.78, 5) is 28.6. The quantitative estimate of drug-likeness (QED) is 0.125. The van der Waals surface area contributed by atoms with E-state index in [9.17, 15) is 15.2 Å². The molecular weight excluding hydrogens is 642 g/mol. The number of carboxylic acid groups (broad SMARTS) is 1. The summed E-state index contributed by atoms with van der Waals surface area (Å²) in [5.74, 6) is -1.35. The van der Waals surface area contributed by atoms with Crippen molar-refractivity contribution in [2.45, 2.75) is 71.9 Å². The van der Waals surface area contributed by atoms with Gasteiger partial charge in [0, 0.05) is 36.6 Å². The Morgan fingerprint density at radius 2 is 1.62 bits per heavy atom. The third-order valence-corrected chi connectivity index (χ3v) is 10.1. The molecule has 8 heteroatoms. The van der Waals surface area contributed by atoms with Gasteiger partial charge in [-0.3, -0.25) is 19.7 Å². The number of hydrogen-bond donors (Lipinski definition) is 1. The molecule has 50 heavy (non-hydrogen) atoms. The third kappa shape index (κ3) is 8.10. The van der Waals surface area contributed by atoms with Gasteiger partial charge < -0.3 is 5.11 Å². The minimum absolute atomic E-state index is 0.266. The summed E-state index contributed by atoms with van der Waals surface area (Å²) in [5.41, 5.74) is 11.0. The van der Waals surface area contributed by atoms with Crippen LogP contribution in [-0.4, -0.2) is 37.5 Å². The number of aromatic nitrogens is 3. The van der Waals surface area contributed by atoms with Gasteiger partial charge in [-0.2, -0.15) is 5.26 Å². The van der Waals surface area contributed by atoms with E-state index < -0.39 is 11.9 Å². The Bertz CT molecular complexity index is 1970. The average molecular weight is 684 g/mol. The maximum atomic E-state index is 11.7. The van der Waals surface area contributed by atoms with Crippen molar-refractivity contribution in [3.63, 3.8) is 0 Å². The summed E-state index contributed by atoms with van der Waals surface area (Å²) in [6.45, 7) is 6.49. The van der Waals surface area contributed by atoms with Crippen LogP contribution in [-0.2, 0) is 43.6 Å². The lowest BCUT2D eigenvalue weighted by molar-refractivity contribution is -0.141. The predicted molar refractivity (Wildman–Crippen MR) is 198 cm³/mol. The number of hydrogen-bond acceptors (Lipinski definition) is 6. The third-order valence-electron chi connectivity index (χ3n) is 9.64. The van der Waals surface area contributed by atoms with Gasteiger partial charge in [0.05, 0.1) is 28.0 Å². The molecule has 0 fully saturated rings. The molecule has 0 saturated heterocycles. The van der Waals surface area contributed by atoms with Gasteiger partial charge in [0.15, 0.2) is 0 Å². The monoisotopic (exact) mass is 683 g/mol. The molecule has 0 spiro atoms. The molecular formula is C42H42ClN5O2. The van der Waals surface area contributed by atoms with Crippen molar-refractivity contribution >= 4 is 17.6 Å². The highest BCUT2D eigenvalue weighted by Crippen LogP contribution is 2.38. The van der Waals surface area contributed by atoms with Gasteiger partial charge in [0.1, 0.15) is 11.8 Å². The highest BCUT2D eigenvalue weighted by molar-refractivity contribution is 6.32. The molecule has 5 aromatic rings. The molecule has 0 amide bonds. The number of pyridine rings is 3. The Labute approximate surface area is 299 Å². The molecule has 0 radical (unpaired) electrons. The van der Waals surface area contributed by atoms with Crippen LogP contribution < -0.4 is 0 Å². The van der Waals surface area contributed by atoms with Crippen molar-refractivity contribution in [2.75, 3.05) is 6.54 Å². The van der Waals surface area contributed by atoms with Gasteiger partial charge in [0.25, 0.3) is 0 Å². The Hall–Kier alpha value is -4.90. The fraction of sp³-hybridized carbons (Fsp3) is 0.310. The standard InChI is InChI=1S/C42H42ClN5O2/c1-3-32(42(49)50)21-31-22-36(38(23-44)45-24-31)40-28(2)20-33(25-46-40)41-35-17-10-16-34(35)39(43)37(47-41)18-11-19-48(26-29-12-6-4-7-13-29)27-30-14-8-5-9-15-30/h4-9,12-15,20,22,24-25,32H,3,10-11,16-19,21,26-27H2,1-2H3,(H,49,50). The normalized spacial score (nSPS) is 12.9. The van der Waals surface area contributed by atoms with E-state index >= 15 is 0 Å². The highest BCUT2D eigenvalue weighted by atomic mass is 35.5. The van der Waals surface area contributed by atoms with Gasteiger partial charge in [-0.25, -0.2) is 4.98 Å². The number of carbonyl (C=O) groups is 1. The Morgan fingerprint density at radius 1 is 0.940 bits per heavy atom. The Balaban J connectivity index is 1.25. The van der Waals surface area contributed by atoms with Crippen LogP contribution in [0.1, 0.15) is 71.0 Å². The number of carboxylic acids is 1. The summed E-state index contributed by atoms with van der Waals surface area (Å²) in [7, 11) is 0. The average Bonchev–Trinajstić information content (AvgIpc) is 3.63. The van der Waals surface area contributed by atoms with Crippen LogP contribution in [0, 0.1) is 24.2 Å². The van der Waals surface area contributed by atoms with Crippen molar-refractivity contribution in [3.8, 4) is 28.6 Å². The van der Waals surface area contributed by atoms with E-state index in [1.54, 1.807) is 6.20 Å². The predicted octanol–water partition coefficient (Wildman–Crippen LogP) is 8.82. The molecule has 3 aromatic heterocycles. The van der Waals surface area contributed by atoms with Crippen LogP contribution in [0.2, 0.25) is 5.02 Å². The number of aliphatic carboxylic acids is 1. The number of halogens is 1. The summed E-state index contributed by atoms with van der Waals surface area (Å²) >= 11 is 7.07. The molecule has 1 unspecified atom stereocenters. The maximum Gasteiger partial charge on any atom is 0.306 e. The molecule has 2 aromatic carbocycles. The number of nitriles is 1. The second kappa shape index (κ2) is 16.2. The van der Waals surface area contributed by atoms with Crippen molar-refractivity contribution < 1.29 is 9.90 Å². The Morgan fingerprint density at radius 3 is 2.24 bits per heavy atom. The fourth-order valence-electron chi connectivity index (χ4n) is 7.01. The van der Waals surface area contributed by atoms with Crippen LogP contribution in [0.3, 0.4) is 0 Å². The van der Waals surface area contributed by atoms with Gasteiger partial charge in [-0.15, -0.1) is 0 Å². The summed E-state index contributed by atoms with van der Waals surface area (Å²) in [6, 6.07) is 27.3. The first-order chi connectivity index (χ1) is 24.3. The van der Waals surface area contributed by atoms with Crippen molar-refractivity contribution in [1.29, 1.82) is 5.26 Å². The number of nitrogens with zero attached hydrogens (tertiary/aromatic N) is 5. The van der Waals surface area contributed by atoms with Crippen LogP contribution in [0.15, 0.2) is 85.2 Å². The first kappa shape index (κ1) is 34.9. The summed E-state index contributed by atoms with van der Waals surface area (Å²) < 4.78 is 0. The second-order valence-corrected chi connectivity index (χ2v) is 13.6. The zero-order valence-corrected chi connectivity index (χ0v) is 29.5. The van der Waals surface area contributed by atoms with Crippen LogP contribution in [0.5, 0.6) is 0 Å². The molecule has 1 atom stereocenters. The van der Waals surface area contributed by atoms with Gasteiger partial charge in [0.2, 0.25) is 0 Å². The first-order valence-corrected chi connectivity index (χ1v) is 17.8. The van der Waals surface area contributed by atoms with Crippen LogP contribution >= 0.6 is 11.6 Å². The van der Waals surface area contributed by atoms with Gasteiger partial charge >= 0.3 is 5.97 Å². The molecule has 3 heterocycles. The maximum absolute atomic E-state index is 11.7. The fourth-order valence-corrected chi connectivity index (χ4v) is 7.36. The minimum atomic E-state index is -0.837. The zero-order chi connectivity index (χ0) is 35.0. The minimum Gasteiger partial charge on any atom is -0.481 e. The van der Waals surface area contributed by atoms with Gasteiger partial charge in [-0.1, -0.05) is 79.2 Å². The molecule has 1 aliphatic rings. The number of rotatable bonds is 14. The largest absolute Gasteiger partial charge is 0.481 e. The molecule has 0 saturated carbocycles. The Kier molecular flexibility index (Phi) is 11.3. The lowest BCUT2D eigenvalue weighted by Crippen LogP contribution is -2.24. The molecule has 1 aliphatic carbocycles. The smallest absolute Gasteiger partial charge is 0.306 e. The summed E-state index contributed by atoms with van der Waals surface area (Å²) in [6.07, 6.45) is 8.88. The molecule has 0 bridgehead atoms. The SMILES string of the molecule is CCC(Cc1cnc(C#N)c(-c2ncc(-c3nc(CCCN(Cc4ccccc4)Cc4ccccc4)c(Cl)c4c3CCC4)cc2C)c1)C(=O)O. The topological polar surface area (TPSA) is 103 Å². The highest BCUT2D eigenvalue weighted by Gasteiger charge is 2.25. The van der Waals surface area contributed by atoms with E-state index in [0.717, 1.165) is 84.8 Å². The molecule has 1 N–H and O–H groups in total. The molecule has 0 aliphatic heterocycles. The van der Waals surface area contributed by atoms with Crippen molar-refractivity contribution in [2.24, 2.45) is 5.92 Å². The summed E-state index contributed by atoms with van der Waals surface area (Å²) in [5, 5.41) is 20.3. The number of fused-ring (bicyclic) bond motifs is 1. The second-order valence-electron chi connectivity index (χ2n) is 13.2.